The van der Waals surface area contributed by atoms with Crippen molar-refractivity contribution in [3.05, 3.63) is 70.5 Å². The van der Waals surface area contributed by atoms with Gasteiger partial charge in [-0.2, -0.15) is 4.99 Å². The van der Waals surface area contributed by atoms with Gasteiger partial charge in [-0.15, -0.1) is 6.58 Å². The zero-order chi connectivity index (χ0) is 18.0. The van der Waals surface area contributed by atoms with Crippen molar-refractivity contribution in [3.8, 4) is 5.75 Å². The van der Waals surface area contributed by atoms with Gasteiger partial charge in [-0.25, -0.2) is 0 Å². The summed E-state index contributed by atoms with van der Waals surface area (Å²) in [5, 5.41) is 0. The lowest BCUT2D eigenvalue weighted by Crippen LogP contribution is -2.17. The first-order valence-corrected chi connectivity index (χ1v) is 8.80. The van der Waals surface area contributed by atoms with Crippen LogP contribution >= 0.6 is 11.3 Å². The fourth-order valence-corrected chi connectivity index (χ4v) is 3.90. The van der Waals surface area contributed by atoms with Gasteiger partial charge in [-0.05, 0) is 37.6 Å². The van der Waals surface area contributed by atoms with Gasteiger partial charge in [-0.1, -0.05) is 41.2 Å². The second-order valence-electron chi connectivity index (χ2n) is 5.83. The van der Waals surface area contributed by atoms with Gasteiger partial charge >= 0.3 is 0 Å². The van der Waals surface area contributed by atoms with Crippen LogP contribution in [0, 0.1) is 13.8 Å². The highest BCUT2D eigenvalue weighted by molar-refractivity contribution is 7.16. The summed E-state index contributed by atoms with van der Waals surface area (Å²) in [6, 6.07) is 11.6. The Morgan fingerprint density at radius 3 is 2.80 bits per heavy atom. The van der Waals surface area contributed by atoms with Crippen LogP contribution in [0.3, 0.4) is 0 Å². The summed E-state index contributed by atoms with van der Waals surface area (Å²) < 4.78 is 8.46. The maximum absolute atomic E-state index is 12.7. The highest BCUT2D eigenvalue weighted by Crippen LogP contribution is 2.27. The van der Waals surface area contributed by atoms with Crippen LogP contribution in [-0.2, 0) is 6.54 Å². The zero-order valence-corrected chi connectivity index (χ0v) is 15.4. The molecule has 0 aliphatic carbocycles. The highest BCUT2D eigenvalue weighted by atomic mass is 32.1. The normalized spacial score (nSPS) is 11.7. The molecule has 25 heavy (non-hydrogen) atoms. The Balaban J connectivity index is 2.20. The lowest BCUT2D eigenvalue weighted by Gasteiger charge is -2.06. The predicted octanol–water partition coefficient (Wildman–Crippen LogP) is 4.26. The molecule has 0 saturated heterocycles. The first-order valence-electron chi connectivity index (χ1n) is 7.98. The fraction of sp³-hybridized carbons (Fsp3) is 0.200. The van der Waals surface area contributed by atoms with Crippen LogP contribution < -0.4 is 9.54 Å². The van der Waals surface area contributed by atoms with Crippen LogP contribution in [0.4, 0.5) is 0 Å². The summed E-state index contributed by atoms with van der Waals surface area (Å²) in [7, 11) is 1.64. The van der Waals surface area contributed by atoms with Crippen molar-refractivity contribution < 1.29 is 9.53 Å². The van der Waals surface area contributed by atoms with Crippen molar-refractivity contribution in [3.63, 3.8) is 0 Å². The van der Waals surface area contributed by atoms with Gasteiger partial charge in [0.1, 0.15) is 11.3 Å². The van der Waals surface area contributed by atoms with E-state index in [2.05, 4.69) is 11.6 Å². The third-order valence-electron chi connectivity index (χ3n) is 4.01. The van der Waals surface area contributed by atoms with E-state index in [4.69, 9.17) is 4.74 Å². The first kappa shape index (κ1) is 17.2. The number of thiazole rings is 1. The zero-order valence-electron chi connectivity index (χ0n) is 14.6. The van der Waals surface area contributed by atoms with E-state index in [-0.39, 0.29) is 5.91 Å². The minimum atomic E-state index is -0.235. The Morgan fingerprint density at radius 2 is 2.12 bits per heavy atom. The Bertz CT molecular complexity index is 1030. The largest absolute Gasteiger partial charge is 0.495 e. The Kier molecular flexibility index (Phi) is 4.86. The molecule has 0 bridgehead atoms. The number of fused-ring (bicyclic) bond motifs is 1. The number of methoxy groups -OCH3 is 1. The topological polar surface area (TPSA) is 43.6 Å². The summed E-state index contributed by atoms with van der Waals surface area (Å²) in [5.74, 6) is 0.525. The van der Waals surface area contributed by atoms with Crippen LogP contribution in [0.1, 0.15) is 21.5 Å². The Morgan fingerprint density at radius 1 is 1.32 bits per heavy atom. The molecule has 0 fully saturated rings. The standard InChI is InChI=1S/C20H20N2O2S/c1-5-11-22-18-16(24-4)7-6-8-17(18)25-20(22)21-19(23)15-10-9-13(2)12-14(15)3/h5-10,12H,1,11H2,2-4H3. The maximum atomic E-state index is 12.7. The molecule has 4 nitrogen and oxygen atoms in total. The lowest BCUT2D eigenvalue weighted by molar-refractivity contribution is 0.0997. The minimum absolute atomic E-state index is 0.235. The molecule has 3 rings (SSSR count). The summed E-state index contributed by atoms with van der Waals surface area (Å²) in [4.78, 5) is 17.7. The van der Waals surface area contributed by atoms with E-state index in [0.717, 1.165) is 27.1 Å². The molecule has 1 aromatic heterocycles. The number of rotatable bonds is 4. The number of nitrogens with zero attached hydrogens (tertiary/aromatic N) is 2. The Labute approximate surface area is 150 Å². The molecular formula is C20H20N2O2S. The summed E-state index contributed by atoms with van der Waals surface area (Å²) in [6.07, 6.45) is 1.79. The molecule has 0 radical (unpaired) electrons. The third kappa shape index (κ3) is 3.28. The second kappa shape index (κ2) is 7.07. The van der Waals surface area contributed by atoms with Gasteiger partial charge in [0.2, 0.25) is 0 Å². The number of carbonyl (C=O) groups excluding carboxylic acids is 1. The van der Waals surface area contributed by atoms with Crippen molar-refractivity contribution in [2.24, 2.45) is 4.99 Å². The number of allylic oxidation sites excluding steroid dienone is 1. The number of aromatic nitrogens is 1. The molecule has 2 aromatic carbocycles. The second-order valence-corrected chi connectivity index (χ2v) is 6.84. The molecule has 0 aliphatic rings. The van der Waals surface area contributed by atoms with E-state index < -0.39 is 0 Å². The molecule has 1 heterocycles. The molecule has 0 saturated carbocycles. The van der Waals surface area contributed by atoms with E-state index in [9.17, 15) is 4.79 Å². The quantitative estimate of drug-likeness (QED) is 0.659. The van der Waals surface area contributed by atoms with E-state index in [1.807, 2.05) is 54.8 Å². The van der Waals surface area contributed by atoms with Gasteiger partial charge in [0.15, 0.2) is 4.80 Å². The van der Waals surface area contributed by atoms with E-state index >= 15 is 0 Å². The van der Waals surface area contributed by atoms with Gasteiger partial charge < -0.3 is 9.30 Å². The number of ether oxygens (including phenoxy) is 1. The van der Waals surface area contributed by atoms with Gasteiger partial charge in [0.25, 0.3) is 5.91 Å². The smallest absolute Gasteiger partial charge is 0.279 e. The molecule has 5 heteroatoms. The SMILES string of the molecule is C=CCn1c(=NC(=O)c2ccc(C)cc2C)sc2cccc(OC)c21. The molecule has 3 aromatic rings. The highest BCUT2D eigenvalue weighted by Gasteiger charge is 2.13. The predicted molar refractivity (Wildman–Crippen MR) is 102 cm³/mol. The molecule has 0 unspecified atom stereocenters. The fourth-order valence-electron chi connectivity index (χ4n) is 2.85. The average Bonchev–Trinajstić information content (AvgIpc) is 2.92. The lowest BCUT2D eigenvalue weighted by atomic mass is 10.1. The molecule has 0 spiro atoms. The number of carbonyl (C=O) groups is 1. The summed E-state index contributed by atoms with van der Waals surface area (Å²) >= 11 is 1.47. The molecule has 0 atom stereocenters. The molecule has 128 valence electrons. The number of hydrogen-bond acceptors (Lipinski definition) is 3. The minimum Gasteiger partial charge on any atom is -0.495 e. The van der Waals surface area contributed by atoms with Gasteiger partial charge in [0, 0.05) is 12.1 Å². The summed E-state index contributed by atoms with van der Waals surface area (Å²) in [5.41, 5.74) is 3.62. The Hall–Kier alpha value is -2.66. The molecule has 1 amide bonds. The van der Waals surface area contributed by atoms with Crippen LogP contribution in [0.5, 0.6) is 5.75 Å². The van der Waals surface area contributed by atoms with Gasteiger partial charge in [-0.3, -0.25) is 4.79 Å². The van der Waals surface area contributed by atoms with Crippen LogP contribution in [-0.4, -0.2) is 17.6 Å². The van der Waals surface area contributed by atoms with Crippen LogP contribution in [0.25, 0.3) is 10.2 Å². The number of amides is 1. The number of hydrogen-bond donors (Lipinski definition) is 0. The molecule has 0 aliphatic heterocycles. The van der Waals surface area contributed by atoms with Crippen LogP contribution in [0.2, 0.25) is 0 Å². The van der Waals surface area contributed by atoms with Crippen molar-refractivity contribution in [1.82, 2.24) is 4.57 Å². The molecule has 0 N–H and O–H groups in total. The van der Waals surface area contributed by atoms with E-state index in [1.54, 1.807) is 13.2 Å². The monoisotopic (exact) mass is 352 g/mol. The van der Waals surface area contributed by atoms with E-state index in [1.165, 1.54) is 11.3 Å². The van der Waals surface area contributed by atoms with Gasteiger partial charge in [0.05, 0.1) is 11.8 Å². The van der Waals surface area contributed by atoms with Crippen LogP contribution in [0.15, 0.2) is 54.0 Å². The van der Waals surface area contributed by atoms with Crippen molar-refractivity contribution in [1.29, 1.82) is 0 Å². The average molecular weight is 352 g/mol. The number of para-hydroxylation sites is 1. The number of aryl methyl sites for hydroxylation is 2. The van der Waals surface area contributed by atoms with Crippen molar-refractivity contribution >= 4 is 27.5 Å². The third-order valence-corrected chi connectivity index (χ3v) is 5.05. The first-order chi connectivity index (χ1) is 12.0. The summed E-state index contributed by atoms with van der Waals surface area (Å²) in [6.45, 7) is 8.31. The van der Waals surface area contributed by atoms with Crippen molar-refractivity contribution in [2.45, 2.75) is 20.4 Å². The maximum Gasteiger partial charge on any atom is 0.279 e. The molecular weight excluding hydrogens is 332 g/mol. The van der Waals surface area contributed by atoms with Crippen molar-refractivity contribution in [2.75, 3.05) is 7.11 Å². The van der Waals surface area contributed by atoms with E-state index in [0.29, 0.717) is 16.9 Å². The number of benzene rings is 2.